The number of primary sulfonamides is 1. The van der Waals surface area contributed by atoms with Crippen molar-refractivity contribution in [1.82, 2.24) is 4.72 Å². The Balaban J connectivity index is 2.97. The average Bonchev–Trinajstić information content (AvgIpc) is 2.27. The third kappa shape index (κ3) is 4.67. The summed E-state index contributed by atoms with van der Waals surface area (Å²) < 4.78 is 52.4. The topological polar surface area (TPSA) is 142 Å². The number of benzene rings is 1. The first-order valence-corrected chi connectivity index (χ1v) is 8.29. The Morgan fingerprint density at radius 3 is 2.42 bits per heavy atom. The molecule has 0 aliphatic rings. The van der Waals surface area contributed by atoms with Crippen LogP contribution in [0.5, 0.6) is 5.75 Å². The third-order valence-corrected chi connectivity index (χ3v) is 4.41. The van der Waals surface area contributed by atoms with Gasteiger partial charge in [-0.15, -0.1) is 0 Å². The molecule has 0 aromatic heterocycles. The summed E-state index contributed by atoms with van der Waals surface area (Å²) in [6.07, 6.45) is 0. The lowest BCUT2D eigenvalue weighted by molar-refractivity contribution is 0.402. The first kappa shape index (κ1) is 15.7. The van der Waals surface area contributed by atoms with Crippen LogP contribution in [0.3, 0.4) is 0 Å². The van der Waals surface area contributed by atoms with Crippen LogP contribution < -0.4 is 20.3 Å². The Morgan fingerprint density at radius 1 is 1.26 bits per heavy atom. The van der Waals surface area contributed by atoms with E-state index in [1.807, 2.05) is 0 Å². The summed E-state index contributed by atoms with van der Waals surface area (Å²) in [7, 11) is -6.34. The van der Waals surface area contributed by atoms with E-state index in [1.165, 1.54) is 25.3 Å². The summed E-state index contributed by atoms with van der Waals surface area (Å²) in [6.45, 7) is -0.334. The highest BCUT2D eigenvalue weighted by Crippen LogP contribution is 2.25. The van der Waals surface area contributed by atoms with Crippen LogP contribution in [-0.2, 0) is 20.0 Å². The van der Waals surface area contributed by atoms with E-state index in [4.69, 9.17) is 15.6 Å². The van der Waals surface area contributed by atoms with E-state index in [0.29, 0.717) is 0 Å². The third-order valence-electron chi connectivity index (χ3n) is 2.16. The molecule has 0 unspecified atom stereocenters. The van der Waals surface area contributed by atoms with E-state index in [0.717, 1.165) is 0 Å². The van der Waals surface area contributed by atoms with Gasteiger partial charge in [0, 0.05) is 12.2 Å². The molecule has 1 rings (SSSR count). The Bertz CT molecular complexity index is 654. The molecular weight excluding hydrogens is 294 g/mol. The monoisotopic (exact) mass is 309 g/mol. The van der Waals surface area contributed by atoms with Gasteiger partial charge in [-0.1, -0.05) is 0 Å². The van der Waals surface area contributed by atoms with Gasteiger partial charge in [0.2, 0.25) is 20.0 Å². The van der Waals surface area contributed by atoms with Gasteiger partial charge in [0.15, 0.2) is 0 Å². The molecule has 5 N–H and O–H groups in total. The molecule has 0 saturated carbocycles. The van der Waals surface area contributed by atoms with Gasteiger partial charge in [-0.25, -0.2) is 26.7 Å². The van der Waals surface area contributed by atoms with E-state index >= 15 is 0 Å². The Labute approximate surface area is 111 Å². The zero-order valence-electron chi connectivity index (χ0n) is 10.2. The fourth-order valence-corrected chi connectivity index (χ4v) is 3.05. The van der Waals surface area contributed by atoms with Gasteiger partial charge in [0.25, 0.3) is 0 Å². The van der Waals surface area contributed by atoms with Crippen molar-refractivity contribution in [2.75, 3.05) is 25.1 Å². The van der Waals surface area contributed by atoms with Crippen molar-refractivity contribution in [2.24, 2.45) is 5.14 Å². The molecule has 10 heteroatoms. The molecule has 0 fully saturated rings. The summed E-state index contributed by atoms with van der Waals surface area (Å²) in [6, 6.07) is 4.11. The minimum Gasteiger partial charge on any atom is -0.495 e. The molecule has 1 aromatic rings. The second-order valence-electron chi connectivity index (χ2n) is 3.68. The van der Waals surface area contributed by atoms with Crippen LogP contribution in [0.1, 0.15) is 0 Å². The van der Waals surface area contributed by atoms with Gasteiger partial charge >= 0.3 is 0 Å². The van der Waals surface area contributed by atoms with Crippen LogP contribution in [-0.4, -0.2) is 36.2 Å². The Kier molecular flexibility index (Phi) is 4.74. The van der Waals surface area contributed by atoms with E-state index in [9.17, 15) is 16.8 Å². The second-order valence-corrected chi connectivity index (χ2v) is 7.14. The summed E-state index contributed by atoms with van der Waals surface area (Å²) in [5, 5.41) is 4.78. The quantitative estimate of drug-likeness (QED) is 0.566. The molecule has 0 spiro atoms. The molecule has 8 nitrogen and oxygen atoms in total. The number of anilines is 1. The second kappa shape index (κ2) is 5.74. The molecule has 0 heterocycles. The number of nitrogens with two attached hydrogens (primary N) is 2. The van der Waals surface area contributed by atoms with Crippen molar-refractivity contribution >= 4 is 25.7 Å². The zero-order chi connectivity index (χ0) is 14.7. The van der Waals surface area contributed by atoms with Gasteiger partial charge < -0.3 is 10.5 Å². The predicted molar refractivity (Wildman–Crippen MR) is 70.6 cm³/mol. The lowest BCUT2D eigenvalue weighted by Crippen LogP contribution is -2.31. The van der Waals surface area contributed by atoms with E-state index < -0.39 is 25.8 Å². The number of methoxy groups -OCH3 is 1. The van der Waals surface area contributed by atoms with Crippen LogP contribution in [0.4, 0.5) is 5.69 Å². The predicted octanol–water partition coefficient (Wildman–Crippen LogP) is -1.16. The maximum Gasteiger partial charge on any atom is 0.244 e. The maximum atomic E-state index is 12.0. The highest BCUT2D eigenvalue weighted by molar-refractivity contribution is 7.90. The molecule has 0 bridgehead atoms. The molecule has 0 amide bonds. The summed E-state index contributed by atoms with van der Waals surface area (Å²) in [4.78, 5) is -0.163. The SMILES string of the molecule is COc1ccc(N)cc1S(=O)(=O)NCCS(N)(=O)=O. The van der Waals surface area contributed by atoms with Gasteiger partial charge in [0.05, 0.1) is 12.9 Å². The van der Waals surface area contributed by atoms with Crippen LogP contribution in [0, 0.1) is 0 Å². The number of rotatable bonds is 6. The van der Waals surface area contributed by atoms with Crippen LogP contribution >= 0.6 is 0 Å². The van der Waals surface area contributed by atoms with E-state index in [1.54, 1.807) is 0 Å². The minimum atomic E-state index is -3.92. The summed E-state index contributed by atoms with van der Waals surface area (Å²) in [5.74, 6) is -0.394. The summed E-state index contributed by atoms with van der Waals surface area (Å²) >= 11 is 0. The molecule has 0 aliphatic carbocycles. The minimum absolute atomic E-state index is 0.109. The van der Waals surface area contributed by atoms with Gasteiger partial charge in [-0.3, -0.25) is 0 Å². The Morgan fingerprint density at radius 2 is 1.89 bits per heavy atom. The molecule has 0 aliphatic heterocycles. The molecule has 0 saturated heterocycles. The number of nitrogens with one attached hydrogen (secondary N) is 1. The van der Waals surface area contributed by atoms with E-state index in [-0.39, 0.29) is 22.9 Å². The molecule has 1 aromatic carbocycles. The van der Waals surface area contributed by atoms with Crippen molar-refractivity contribution in [3.05, 3.63) is 18.2 Å². The number of ether oxygens (including phenoxy) is 1. The van der Waals surface area contributed by atoms with Crippen LogP contribution in [0.2, 0.25) is 0 Å². The molecule has 0 radical (unpaired) electrons. The highest BCUT2D eigenvalue weighted by Gasteiger charge is 2.20. The van der Waals surface area contributed by atoms with Crippen molar-refractivity contribution in [2.45, 2.75) is 4.90 Å². The first-order valence-electron chi connectivity index (χ1n) is 5.09. The lowest BCUT2D eigenvalue weighted by atomic mass is 10.3. The van der Waals surface area contributed by atoms with Gasteiger partial charge in [0.1, 0.15) is 10.6 Å². The zero-order valence-corrected chi connectivity index (χ0v) is 11.8. The maximum absolute atomic E-state index is 12.0. The largest absolute Gasteiger partial charge is 0.495 e. The van der Waals surface area contributed by atoms with Crippen molar-refractivity contribution < 1.29 is 21.6 Å². The smallest absolute Gasteiger partial charge is 0.244 e. The molecular formula is C9H15N3O5S2. The standard InChI is InChI=1S/C9H15N3O5S2/c1-17-8-3-2-7(10)6-9(8)19(15,16)12-4-5-18(11,13)14/h2-3,6,12H,4-5,10H2,1H3,(H2,11,13,14). The van der Waals surface area contributed by atoms with Crippen LogP contribution in [0.25, 0.3) is 0 Å². The number of sulfonamides is 2. The van der Waals surface area contributed by atoms with Gasteiger partial charge in [-0.2, -0.15) is 0 Å². The normalized spacial score (nSPS) is 12.3. The summed E-state index contributed by atoms with van der Waals surface area (Å²) in [5.41, 5.74) is 5.76. The fraction of sp³-hybridized carbons (Fsp3) is 0.333. The van der Waals surface area contributed by atoms with Crippen molar-refractivity contribution in [1.29, 1.82) is 0 Å². The first-order chi connectivity index (χ1) is 8.65. The molecule has 19 heavy (non-hydrogen) atoms. The van der Waals surface area contributed by atoms with Gasteiger partial charge in [-0.05, 0) is 18.2 Å². The number of hydrogen-bond donors (Lipinski definition) is 3. The van der Waals surface area contributed by atoms with Crippen LogP contribution in [0.15, 0.2) is 23.1 Å². The van der Waals surface area contributed by atoms with E-state index in [2.05, 4.69) is 4.72 Å². The average molecular weight is 309 g/mol. The number of nitrogen functional groups attached to an aromatic ring is 1. The molecule has 108 valence electrons. The number of hydrogen-bond acceptors (Lipinski definition) is 6. The Hall–Kier alpha value is -1.36. The van der Waals surface area contributed by atoms with Crippen molar-refractivity contribution in [3.8, 4) is 5.75 Å². The van der Waals surface area contributed by atoms with Crippen molar-refractivity contribution in [3.63, 3.8) is 0 Å². The highest BCUT2D eigenvalue weighted by atomic mass is 32.2. The fourth-order valence-electron chi connectivity index (χ4n) is 1.30. The molecule has 0 atom stereocenters. The lowest BCUT2D eigenvalue weighted by Gasteiger charge is -2.11.